The van der Waals surface area contributed by atoms with Crippen LogP contribution in [0, 0.1) is 20.8 Å². The van der Waals surface area contributed by atoms with Crippen LogP contribution in [0.1, 0.15) is 95.7 Å². The number of aromatic nitrogens is 1. The van der Waals surface area contributed by atoms with Crippen molar-refractivity contribution in [2.45, 2.75) is 99.3 Å². The SMILES string of the molecule is Cc1cc2c3c(c1)N(c1c(C)cc(-c4ccccc4)cc1C)c1cc(N(c4ccc(C(C)(C)C)cc4)c4ccc5c6ccccc6n(-c6ccccc6)c5c4)ccc1B3c1cc(C(C)(C)C)ccc1N2c1ccc(C(C)(C)C)cc1. The van der Waals surface area contributed by atoms with Gasteiger partial charge in [-0.15, -0.1) is 0 Å². The van der Waals surface area contributed by atoms with Crippen molar-refractivity contribution < 1.29 is 0 Å². The fourth-order valence-electron chi connectivity index (χ4n) is 13.0. The van der Waals surface area contributed by atoms with Crippen LogP contribution >= 0.6 is 0 Å². The Morgan fingerprint density at radius 2 is 0.900 bits per heavy atom. The Labute approximate surface area is 474 Å². The minimum Gasteiger partial charge on any atom is -0.311 e. The number of hydrogen-bond donors (Lipinski definition) is 0. The molecule has 0 bridgehead atoms. The molecule has 0 unspecified atom stereocenters. The molecule has 0 fully saturated rings. The molecule has 5 heteroatoms. The van der Waals surface area contributed by atoms with E-state index >= 15 is 0 Å². The number of nitrogens with zero attached hydrogens (tertiary/aromatic N) is 4. The van der Waals surface area contributed by atoms with Gasteiger partial charge in [-0.05, 0) is 195 Å². The molecule has 0 N–H and O–H groups in total. The molecule has 1 aromatic heterocycles. The molecule has 10 aromatic carbocycles. The maximum absolute atomic E-state index is 2.64. The van der Waals surface area contributed by atoms with Crippen molar-refractivity contribution in [3.05, 3.63) is 246 Å². The van der Waals surface area contributed by atoms with E-state index in [0.717, 1.165) is 28.4 Å². The Morgan fingerprint density at radius 1 is 0.362 bits per heavy atom. The molecule has 394 valence electrons. The van der Waals surface area contributed by atoms with Crippen molar-refractivity contribution in [3.8, 4) is 16.8 Å². The van der Waals surface area contributed by atoms with E-state index in [1.54, 1.807) is 0 Å². The highest BCUT2D eigenvalue weighted by atomic mass is 15.2. The summed E-state index contributed by atoms with van der Waals surface area (Å²) in [4.78, 5) is 7.68. The van der Waals surface area contributed by atoms with E-state index in [0.29, 0.717) is 0 Å². The van der Waals surface area contributed by atoms with Gasteiger partial charge in [0.2, 0.25) is 0 Å². The van der Waals surface area contributed by atoms with Gasteiger partial charge in [0.05, 0.1) is 16.7 Å². The van der Waals surface area contributed by atoms with Gasteiger partial charge in [-0.3, -0.25) is 0 Å². The largest absolute Gasteiger partial charge is 0.311 e. The third kappa shape index (κ3) is 8.52. The van der Waals surface area contributed by atoms with E-state index in [1.807, 2.05) is 0 Å². The monoisotopic (exact) mass is 1040 g/mol. The quantitative estimate of drug-likeness (QED) is 0.148. The summed E-state index contributed by atoms with van der Waals surface area (Å²) in [6.07, 6.45) is 0. The Balaban J connectivity index is 1.10. The van der Waals surface area contributed by atoms with Gasteiger partial charge in [0.1, 0.15) is 0 Å². The molecule has 2 aliphatic heterocycles. The van der Waals surface area contributed by atoms with Crippen molar-refractivity contribution in [1.29, 1.82) is 0 Å². The van der Waals surface area contributed by atoms with Gasteiger partial charge in [-0.25, -0.2) is 0 Å². The maximum Gasteiger partial charge on any atom is 0.252 e. The highest BCUT2D eigenvalue weighted by Gasteiger charge is 2.45. The van der Waals surface area contributed by atoms with Crippen molar-refractivity contribution >= 4 is 96.1 Å². The van der Waals surface area contributed by atoms with Crippen LogP contribution in [0.2, 0.25) is 0 Å². The van der Waals surface area contributed by atoms with Crippen LogP contribution in [-0.4, -0.2) is 11.3 Å². The fourth-order valence-corrected chi connectivity index (χ4v) is 13.0. The predicted molar refractivity (Wildman–Crippen MR) is 345 cm³/mol. The van der Waals surface area contributed by atoms with Gasteiger partial charge in [-0.1, -0.05) is 178 Å². The van der Waals surface area contributed by atoms with Crippen LogP contribution in [0.4, 0.5) is 51.2 Å². The van der Waals surface area contributed by atoms with E-state index in [4.69, 9.17) is 0 Å². The summed E-state index contributed by atoms with van der Waals surface area (Å²) in [7, 11) is 0. The summed E-state index contributed by atoms with van der Waals surface area (Å²) in [5.74, 6) is 0. The zero-order chi connectivity index (χ0) is 55.6. The van der Waals surface area contributed by atoms with E-state index in [9.17, 15) is 0 Å². The number of benzene rings is 10. The first kappa shape index (κ1) is 50.9. The van der Waals surface area contributed by atoms with Crippen LogP contribution in [0.15, 0.2) is 212 Å². The van der Waals surface area contributed by atoms with Crippen molar-refractivity contribution in [2.75, 3.05) is 14.7 Å². The summed E-state index contributed by atoms with van der Waals surface area (Å²) in [5.41, 5.74) is 28.0. The second-order valence-corrected chi connectivity index (χ2v) is 25.7. The maximum atomic E-state index is 2.64. The average molecular weight is 1040 g/mol. The number of fused-ring (bicyclic) bond motifs is 7. The lowest BCUT2D eigenvalue weighted by Crippen LogP contribution is -2.61. The molecular weight excluding hydrogens is 968 g/mol. The van der Waals surface area contributed by atoms with Gasteiger partial charge in [0.15, 0.2) is 0 Å². The number of hydrogen-bond acceptors (Lipinski definition) is 3. The second-order valence-electron chi connectivity index (χ2n) is 25.7. The standard InChI is InChI=1S/C75H71BN4/c1-48-41-69-71-70(42-48)80(72-49(2)43-52(44-50(72)3)51-21-15-13-16-22-51)68-47-60(37-39-63(68)76(71)64-45-55(75(10,11)12)31-40-66(64)79(69)58-34-29-54(30-35-58)74(7,8)9)77(57-32-27-53(28-33-57)73(4,5)6)59-36-38-62-61-25-19-20-26-65(61)78(67(62)46-59)56-23-17-14-18-24-56/h13-47H,1-12H3. The third-order valence-corrected chi connectivity index (χ3v) is 17.1. The smallest absolute Gasteiger partial charge is 0.252 e. The third-order valence-electron chi connectivity index (χ3n) is 17.1. The molecule has 0 saturated carbocycles. The van der Waals surface area contributed by atoms with Crippen LogP contribution in [0.3, 0.4) is 0 Å². The molecular formula is C75H71BN4. The Hall–Kier alpha value is -8.54. The van der Waals surface area contributed by atoms with Crippen LogP contribution in [-0.2, 0) is 16.2 Å². The van der Waals surface area contributed by atoms with E-state index < -0.39 is 0 Å². The summed E-state index contributed by atoms with van der Waals surface area (Å²) >= 11 is 0. The first-order chi connectivity index (χ1) is 38.3. The Bertz CT molecular complexity index is 4180. The molecule has 0 aliphatic carbocycles. The molecule has 3 heterocycles. The van der Waals surface area contributed by atoms with Crippen LogP contribution in [0.5, 0.6) is 0 Å². The van der Waals surface area contributed by atoms with Crippen molar-refractivity contribution in [1.82, 2.24) is 4.57 Å². The normalized spacial score (nSPS) is 13.2. The predicted octanol–water partition coefficient (Wildman–Crippen LogP) is 18.8. The number of rotatable bonds is 7. The first-order valence-electron chi connectivity index (χ1n) is 28.6. The van der Waals surface area contributed by atoms with Crippen molar-refractivity contribution in [3.63, 3.8) is 0 Å². The number of aryl methyl sites for hydroxylation is 3. The number of anilines is 9. The van der Waals surface area contributed by atoms with Crippen LogP contribution < -0.4 is 31.1 Å². The van der Waals surface area contributed by atoms with Crippen molar-refractivity contribution in [2.24, 2.45) is 0 Å². The molecule has 0 saturated heterocycles. The highest BCUT2D eigenvalue weighted by Crippen LogP contribution is 2.50. The van der Waals surface area contributed by atoms with Gasteiger partial charge in [-0.2, -0.15) is 0 Å². The minimum atomic E-state index is -0.0664. The zero-order valence-corrected chi connectivity index (χ0v) is 48.6. The molecule has 0 atom stereocenters. The van der Waals surface area contributed by atoms with E-state index in [2.05, 4.69) is 315 Å². The Kier molecular flexibility index (Phi) is 12.0. The van der Waals surface area contributed by atoms with Crippen LogP contribution in [0.25, 0.3) is 38.6 Å². The lowest BCUT2D eigenvalue weighted by atomic mass is 9.33. The molecule has 0 radical (unpaired) electrons. The van der Waals surface area contributed by atoms with Gasteiger partial charge >= 0.3 is 0 Å². The molecule has 80 heavy (non-hydrogen) atoms. The topological polar surface area (TPSA) is 14.7 Å². The molecule has 0 spiro atoms. The summed E-state index contributed by atoms with van der Waals surface area (Å²) in [6, 6.07) is 80.6. The molecule has 2 aliphatic rings. The minimum absolute atomic E-state index is 0.00400. The first-order valence-corrected chi connectivity index (χ1v) is 28.6. The summed E-state index contributed by atoms with van der Waals surface area (Å²) < 4.78 is 2.43. The molecule has 4 nitrogen and oxygen atoms in total. The second kappa shape index (κ2) is 18.8. The Morgan fingerprint density at radius 3 is 1.55 bits per heavy atom. The average Bonchev–Trinajstić information content (AvgIpc) is 3.93. The number of para-hydroxylation sites is 2. The van der Waals surface area contributed by atoms with Gasteiger partial charge in [0.25, 0.3) is 6.71 Å². The summed E-state index contributed by atoms with van der Waals surface area (Å²) in [6.45, 7) is 27.7. The molecule has 0 amide bonds. The van der Waals surface area contributed by atoms with Gasteiger partial charge in [0, 0.05) is 62.0 Å². The lowest BCUT2D eigenvalue weighted by Gasteiger charge is -2.45. The summed E-state index contributed by atoms with van der Waals surface area (Å²) in [5, 5.41) is 2.47. The highest BCUT2D eigenvalue weighted by molar-refractivity contribution is 7.00. The molecule has 11 aromatic rings. The zero-order valence-electron chi connectivity index (χ0n) is 48.6. The van der Waals surface area contributed by atoms with Gasteiger partial charge < -0.3 is 19.3 Å². The fraction of sp³-hybridized carbons (Fsp3) is 0.200. The van der Waals surface area contributed by atoms with E-state index in [-0.39, 0.29) is 23.0 Å². The van der Waals surface area contributed by atoms with E-state index in [1.165, 1.54) is 111 Å². The lowest BCUT2D eigenvalue weighted by molar-refractivity contribution is 0.590. The molecule has 13 rings (SSSR count).